The van der Waals surface area contributed by atoms with E-state index in [-0.39, 0.29) is 5.41 Å². The minimum Gasteiger partial charge on any atom is -0.497 e. The fourth-order valence-electron chi connectivity index (χ4n) is 3.03. The van der Waals surface area contributed by atoms with Crippen molar-refractivity contribution in [3.63, 3.8) is 0 Å². The van der Waals surface area contributed by atoms with Gasteiger partial charge in [-0.1, -0.05) is 27.2 Å². The normalized spacial score (nSPS) is 17.8. The van der Waals surface area contributed by atoms with E-state index in [0.29, 0.717) is 13.2 Å². The molecule has 130 valence electrons. The van der Waals surface area contributed by atoms with Gasteiger partial charge >= 0.3 is 0 Å². The Balaban J connectivity index is 1.96. The van der Waals surface area contributed by atoms with Gasteiger partial charge in [0.05, 0.1) is 7.11 Å². The predicted molar refractivity (Wildman–Crippen MR) is 93.5 cm³/mol. The first-order valence-corrected chi connectivity index (χ1v) is 8.62. The number of methoxy groups -OCH3 is 1. The molecule has 0 spiro atoms. The average molecular weight is 321 g/mol. The molecule has 0 bridgehead atoms. The predicted octanol–water partition coefficient (Wildman–Crippen LogP) is 3.22. The van der Waals surface area contributed by atoms with E-state index >= 15 is 0 Å². The smallest absolute Gasteiger partial charge is 0.123 e. The van der Waals surface area contributed by atoms with E-state index in [2.05, 4.69) is 25.7 Å². The van der Waals surface area contributed by atoms with E-state index in [4.69, 9.17) is 9.47 Å². The van der Waals surface area contributed by atoms with Gasteiger partial charge in [0.2, 0.25) is 0 Å². The van der Waals surface area contributed by atoms with Crippen molar-refractivity contribution in [2.75, 3.05) is 33.4 Å². The molecule has 0 radical (unpaired) electrons. The summed E-state index contributed by atoms with van der Waals surface area (Å²) in [6, 6.07) is 5.86. The zero-order valence-corrected chi connectivity index (χ0v) is 15.0. The van der Waals surface area contributed by atoms with E-state index < -0.39 is 6.10 Å². The number of likely N-dealkylation sites (tertiary alicyclic amines) is 1. The second-order valence-electron chi connectivity index (χ2n) is 7.44. The van der Waals surface area contributed by atoms with Crippen molar-refractivity contribution < 1.29 is 14.6 Å². The van der Waals surface area contributed by atoms with Crippen LogP contribution in [0.25, 0.3) is 0 Å². The molecule has 4 heteroatoms. The van der Waals surface area contributed by atoms with E-state index in [9.17, 15) is 5.11 Å². The Labute approximate surface area is 140 Å². The maximum Gasteiger partial charge on any atom is 0.123 e. The van der Waals surface area contributed by atoms with Crippen LogP contribution in [0.15, 0.2) is 18.2 Å². The summed E-state index contributed by atoms with van der Waals surface area (Å²) >= 11 is 0. The van der Waals surface area contributed by atoms with E-state index in [1.54, 1.807) is 7.11 Å². The van der Waals surface area contributed by atoms with Crippen LogP contribution in [-0.4, -0.2) is 49.5 Å². The van der Waals surface area contributed by atoms with Gasteiger partial charge in [-0.2, -0.15) is 0 Å². The van der Waals surface area contributed by atoms with Crippen LogP contribution in [0.2, 0.25) is 0 Å². The van der Waals surface area contributed by atoms with Gasteiger partial charge in [0, 0.05) is 12.1 Å². The molecule has 0 saturated carbocycles. The Morgan fingerprint density at radius 2 is 1.87 bits per heavy atom. The van der Waals surface area contributed by atoms with Crippen LogP contribution in [0.3, 0.4) is 0 Å². The summed E-state index contributed by atoms with van der Waals surface area (Å²) in [6.07, 6.45) is 3.33. The number of rotatable bonds is 6. The lowest BCUT2D eigenvalue weighted by Gasteiger charge is -2.29. The highest BCUT2D eigenvalue weighted by molar-refractivity contribution is 5.44. The molecule has 0 aromatic heterocycles. The third-order valence-corrected chi connectivity index (χ3v) is 4.34. The molecule has 4 nitrogen and oxygen atoms in total. The number of hydrogen-bond acceptors (Lipinski definition) is 4. The molecule has 0 amide bonds. The summed E-state index contributed by atoms with van der Waals surface area (Å²) in [5, 5.41) is 10.3. The molecular weight excluding hydrogens is 290 g/mol. The lowest BCUT2D eigenvalue weighted by molar-refractivity contribution is 0.0611. The van der Waals surface area contributed by atoms with Crippen molar-refractivity contribution in [1.29, 1.82) is 0 Å². The van der Waals surface area contributed by atoms with Crippen LogP contribution in [0, 0.1) is 0 Å². The molecule has 2 rings (SSSR count). The van der Waals surface area contributed by atoms with Crippen molar-refractivity contribution in [2.45, 2.75) is 51.6 Å². The summed E-state index contributed by atoms with van der Waals surface area (Å²) in [5.74, 6) is 1.66. The maximum atomic E-state index is 10.3. The molecule has 1 heterocycles. The SMILES string of the molecule is COc1ccc(OCC(O)CN2CCCCC2)c(C(C)(C)C)c1. The van der Waals surface area contributed by atoms with Crippen LogP contribution in [0.4, 0.5) is 0 Å². The highest BCUT2D eigenvalue weighted by Crippen LogP contribution is 2.34. The Hall–Kier alpha value is -1.26. The molecule has 1 saturated heterocycles. The van der Waals surface area contributed by atoms with Crippen molar-refractivity contribution in [2.24, 2.45) is 0 Å². The van der Waals surface area contributed by atoms with Gasteiger partial charge in [-0.15, -0.1) is 0 Å². The van der Waals surface area contributed by atoms with Gasteiger partial charge in [-0.05, 0) is 49.5 Å². The van der Waals surface area contributed by atoms with Crippen LogP contribution >= 0.6 is 0 Å². The topological polar surface area (TPSA) is 41.9 Å². The Morgan fingerprint density at radius 3 is 2.48 bits per heavy atom. The second kappa shape index (κ2) is 8.02. The Kier molecular flexibility index (Phi) is 6.31. The fraction of sp³-hybridized carbons (Fsp3) is 0.684. The summed E-state index contributed by atoms with van der Waals surface area (Å²) in [5.41, 5.74) is 1.06. The van der Waals surface area contributed by atoms with Crippen LogP contribution < -0.4 is 9.47 Å². The van der Waals surface area contributed by atoms with Crippen LogP contribution in [0.1, 0.15) is 45.6 Å². The Morgan fingerprint density at radius 1 is 1.17 bits per heavy atom. The maximum absolute atomic E-state index is 10.3. The minimum atomic E-state index is -0.456. The summed E-state index contributed by atoms with van der Waals surface area (Å²) in [4.78, 5) is 2.33. The van der Waals surface area contributed by atoms with Crippen molar-refractivity contribution >= 4 is 0 Å². The highest BCUT2D eigenvalue weighted by Gasteiger charge is 2.21. The number of ether oxygens (including phenoxy) is 2. The minimum absolute atomic E-state index is 0.0400. The molecule has 1 aromatic rings. The summed E-state index contributed by atoms with van der Waals surface area (Å²) in [6.45, 7) is 9.66. The van der Waals surface area contributed by atoms with Crippen molar-refractivity contribution in [1.82, 2.24) is 4.90 Å². The third kappa shape index (κ3) is 5.40. The van der Waals surface area contributed by atoms with Crippen molar-refractivity contribution in [3.05, 3.63) is 23.8 Å². The fourth-order valence-corrected chi connectivity index (χ4v) is 3.03. The first-order valence-electron chi connectivity index (χ1n) is 8.62. The number of aliphatic hydroxyl groups excluding tert-OH is 1. The molecule has 1 aliphatic heterocycles. The zero-order valence-electron chi connectivity index (χ0n) is 15.0. The molecule has 1 fully saturated rings. The third-order valence-electron chi connectivity index (χ3n) is 4.34. The molecule has 1 unspecified atom stereocenters. The largest absolute Gasteiger partial charge is 0.497 e. The number of aliphatic hydroxyl groups is 1. The van der Waals surface area contributed by atoms with Gasteiger partial charge in [0.15, 0.2) is 0 Å². The van der Waals surface area contributed by atoms with E-state index in [0.717, 1.165) is 30.2 Å². The standard InChI is InChI=1S/C19H31NO3/c1-19(2,3)17-12-16(22-4)8-9-18(17)23-14-15(21)13-20-10-6-5-7-11-20/h8-9,12,15,21H,5-7,10-11,13-14H2,1-4H3. The average Bonchev–Trinajstić information content (AvgIpc) is 2.53. The monoisotopic (exact) mass is 321 g/mol. The van der Waals surface area contributed by atoms with E-state index in [1.807, 2.05) is 18.2 Å². The van der Waals surface area contributed by atoms with Gasteiger partial charge in [0.25, 0.3) is 0 Å². The number of benzene rings is 1. The zero-order chi connectivity index (χ0) is 16.9. The number of piperidine rings is 1. The second-order valence-corrected chi connectivity index (χ2v) is 7.44. The van der Waals surface area contributed by atoms with E-state index in [1.165, 1.54) is 19.3 Å². The summed E-state index contributed by atoms with van der Waals surface area (Å²) < 4.78 is 11.3. The van der Waals surface area contributed by atoms with Crippen molar-refractivity contribution in [3.8, 4) is 11.5 Å². The van der Waals surface area contributed by atoms with Crippen LogP contribution in [-0.2, 0) is 5.41 Å². The Bertz CT molecular complexity index is 490. The van der Waals surface area contributed by atoms with Crippen LogP contribution in [0.5, 0.6) is 11.5 Å². The summed E-state index contributed by atoms with van der Waals surface area (Å²) in [7, 11) is 1.67. The number of nitrogens with zero attached hydrogens (tertiary/aromatic N) is 1. The van der Waals surface area contributed by atoms with Gasteiger partial charge in [0.1, 0.15) is 24.2 Å². The highest BCUT2D eigenvalue weighted by atomic mass is 16.5. The molecule has 23 heavy (non-hydrogen) atoms. The number of β-amino-alcohol motifs (C(OH)–C–C–N with tert-alkyl or cyclic N) is 1. The van der Waals surface area contributed by atoms with Gasteiger partial charge in [-0.25, -0.2) is 0 Å². The molecule has 1 aliphatic rings. The first kappa shape index (κ1) is 18.1. The molecular formula is C19H31NO3. The molecule has 1 N–H and O–H groups in total. The first-order chi connectivity index (χ1) is 10.9. The van der Waals surface area contributed by atoms with Gasteiger partial charge in [-0.3, -0.25) is 0 Å². The molecule has 1 atom stereocenters. The molecule has 0 aliphatic carbocycles. The van der Waals surface area contributed by atoms with Gasteiger partial charge < -0.3 is 19.5 Å². The lowest BCUT2D eigenvalue weighted by atomic mass is 9.86. The molecule has 1 aromatic carbocycles. The lowest BCUT2D eigenvalue weighted by Crippen LogP contribution is -2.38. The quantitative estimate of drug-likeness (QED) is 0.873. The number of hydrogen-bond donors (Lipinski definition) is 1.